The zero-order valence-electron chi connectivity index (χ0n) is 17.8. The zero-order valence-corrected chi connectivity index (χ0v) is 18.6. The number of aliphatic hydroxyl groups is 1. The van der Waals surface area contributed by atoms with E-state index in [1.165, 1.54) is 19.2 Å². The molecule has 0 saturated heterocycles. The molecule has 4 rings (SSSR count). The van der Waals surface area contributed by atoms with Crippen LogP contribution >= 0.6 is 0 Å². The van der Waals surface area contributed by atoms with E-state index in [0.717, 1.165) is 17.7 Å². The van der Waals surface area contributed by atoms with Gasteiger partial charge in [-0.3, -0.25) is 4.79 Å². The van der Waals surface area contributed by atoms with Crippen LogP contribution in [0.5, 0.6) is 5.75 Å². The number of aryl methyl sites for hydroxylation is 1. The van der Waals surface area contributed by atoms with Gasteiger partial charge in [-0.2, -0.15) is 0 Å². The molecule has 0 saturated carbocycles. The molecule has 9 heteroatoms. The van der Waals surface area contributed by atoms with Crippen LogP contribution in [-0.4, -0.2) is 32.6 Å². The van der Waals surface area contributed by atoms with E-state index in [-0.39, 0.29) is 10.8 Å². The minimum absolute atomic E-state index is 0.106. The van der Waals surface area contributed by atoms with Crippen molar-refractivity contribution in [3.8, 4) is 5.75 Å². The number of benzene rings is 3. The Kier molecular flexibility index (Phi) is 6.46. The van der Waals surface area contributed by atoms with E-state index in [4.69, 9.17) is 4.74 Å². The number of rotatable bonds is 6. The molecule has 33 heavy (non-hydrogen) atoms. The van der Waals surface area contributed by atoms with Gasteiger partial charge in [-0.15, -0.1) is 0 Å². The van der Waals surface area contributed by atoms with Crippen LogP contribution in [0.3, 0.4) is 0 Å². The fourth-order valence-corrected chi connectivity index (χ4v) is 5.07. The maximum absolute atomic E-state index is 13.2. The third kappa shape index (κ3) is 5.05. The Balaban J connectivity index is 1.60. The Bertz CT molecular complexity index is 1280. The van der Waals surface area contributed by atoms with Crippen molar-refractivity contribution in [3.05, 3.63) is 89.2 Å². The maximum atomic E-state index is 13.2. The monoisotopic (exact) mass is 470 g/mol. The number of anilines is 1. The van der Waals surface area contributed by atoms with Crippen molar-refractivity contribution >= 4 is 21.6 Å². The lowest BCUT2D eigenvalue weighted by atomic mass is 9.86. The molecule has 0 heterocycles. The number of ether oxygens (including phenoxy) is 1. The molecule has 3 aromatic rings. The minimum atomic E-state index is -4.02. The summed E-state index contributed by atoms with van der Waals surface area (Å²) in [6.45, 7) is 0. The molecule has 7 nitrogen and oxygen atoms in total. The third-order valence-corrected chi connectivity index (χ3v) is 7.03. The average Bonchev–Trinajstić information content (AvgIpc) is 2.81. The Morgan fingerprint density at radius 1 is 1.09 bits per heavy atom. The number of carbonyl (C=O) groups is 1. The summed E-state index contributed by atoms with van der Waals surface area (Å²) in [7, 11) is -2.50. The molecule has 0 spiro atoms. The van der Waals surface area contributed by atoms with Crippen LogP contribution in [0.1, 0.15) is 33.9 Å². The van der Waals surface area contributed by atoms with Gasteiger partial charge < -0.3 is 15.2 Å². The first-order valence-electron chi connectivity index (χ1n) is 10.3. The van der Waals surface area contributed by atoms with E-state index in [0.29, 0.717) is 35.4 Å². The molecule has 1 amide bonds. The van der Waals surface area contributed by atoms with Gasteiger partial charge in [0, 0.05) is 11.3 Å². The van der Waals surface area contributed by atoms with E-state index in [2.05, 4.69) is 10.0 Å². The molecule has 1 aliphatic rings. The summed E-state index contributed by atoms with van der Waals surface area (Å²) in [6.07, 6.45) is -0.0221. The number of nitrogens with one attached hydrogen (secondary N) is 2. The van der Waals surface area contributed by atoms with Crippen LogP contribution in [-0.2, 0) is 16.4 Å². The lowest BCUT2D eigenvalue weighted by Crippen LogP contribution is -2.39. The van der Waals surface area contributed by atoms with Gasteiger partial charge in [0.1, 0.15) is 11.6 Å². The van der Waals surface area contributed by atoms with Gasteiger partial charge in [-0.25, -0.2) is 17.5 Å². The maximum Gasteiger partial charge on any atom is 0.255 e. The molecule has 2 atom stereocenters. The first kappa shape index (κ1) is 22.9. The molecular formula is C24H23FN2O5S. The Hall–Kier alpha value is -3.27. The van der Waals surface area contributed by atoms with Crippen molar-refractivity contribution in [2.24, 2.45) is 0 Å². The fraction of sp³-hybridized carbons (Fsp3) is 0.208. The van der Waals surface area contributed by atoms with Crippen molar-refractivity contribution < 1.29 is 27.4 Å². The second-order valence-electron chi connectivity index (χ2n) is 7.76. The highest BCUT2D eigenvalue weighted by Crippen LogP contribution is 2.33. The van der Waals surface area contributed by atoms with Gasteiger partial charge in [0.05, 0.1) is 24.2 Å². The second-order valence-corrected chi connectivity index (χ2v) is 9.47. The fourth-order valence-electron chi connectivity index (χ4n) is 3.83. The smallest absolute Gasteiger partial charge is 0.255 e. The molecule has 0 fully saturated rings. The quantitative estimate of drug-likeness (QED) is 0.512. The topological polar surface area (TPSA) is 105 Å². The van der Waals surface area contributed by atoms with Crippen LogP contribution in [0.4, 0.5) is 10.1 Å². The second kappa shape index (κ2) is 9.30. The van der Waals surface area contributed by atoms with Gasteiger partial charge in [0.25, 0.3) is 5.91 Å². The zero-order chi connectivity index (χ0) is 23.6. The van der Waals surface area contributed by atoms with Crippen LogP contribution in [0.2, 0.25) is 0 Å². The molecule has 1 aliphatic carbocycles. The van der Waals surface area contributed by atoms with E-state index in [9.17, 15) is 22.7 Å². The molecule has 0 unspecified atom stereocenters. The van der Waals surface area contributed by atoms with Gasteiger partial charge in [0.15, 0.2) is 0 Å². The van der Waals surface area contributed by atoms with E-state index in [1.54, 1.807) is 36.4 Å². The number of halogens is 1. The number of carbonyl (C=O) groups excluding carboxylic acids is 1. The normalized spacial score (nSPS) is 17.8. The molecule has 0 aliphatic heterocycles. The van der Waals surface area contributed by atoms with Crippen molar-refractivity contribution in [2.75, 3.05) is 12.4 Å². The number of sulfonamides is 1. The largest absolute Gasteiger partial charge is 0.497 e. The molecule has 0 bridgehead atoms. The van der Waals surface area contributed by atoms with Crippen molar-refractivity contribution in [3.63, 3.8) is 0 Å². The highest BCUT2D eigenvalue weighted by molar-refractivity contribution is 7.89. The number of aliphatic hydroxyl groups excluding tert-OH is 1. The summed E-state index contributed by atoms with van der Waals surface area (Å²) >= 11 is 0. The van der Waals surface area contributed by atoms with E-state index < -0.39 is 28.0 Å². The van der Waals surface area contributed by atoms with Gasteiger partial charge >= 0.3 is 0 Å². The average molecular weight is 471 g/mol. The Labute approximate surface area is 191 Å². The molecular weight excluding hydrogens is 447 g/mol. The lowest BCUT2D eigenvalue weighted by molar-refractivity contribution is 0.102. The van der Waals surface area contributed by atoms with Gasteiger partial charge in [-0.1, -0.05) is 12.1 Å². The van der Waals surface area contributed by atoms with E-state index in [1.807, 2.05) is 6.07 Å². The molecule has 3 aromatic carbocycles. The molecule has 0 aromatic heterocycles. The Morgan fingerprint density at radius 2 is 1.85 bits per heavy atom. The van der Waals surface area contributed by atoms with Crippen LogP contribution in [0, 0.1) is 5.82 Å². The van der Waals surface area contributed by atoms with Gasteiger partial charge in [0.2, 0.25) is 10.0 Å². The first-order chi connectivity index (χ1) is 15.8. The number of methoxy groups -OCH3 is 1. The third-order valence-electron chi connectivity index (χ3n) is 5.57. The number of fused-ring (bicyclic) bond motifs is 1. The van der Waals surface area contributed by atoms with Crippen LogP contribution in [0.25, 0.3) is 0 Å². The van der Waals surface area contributed by atoms with E-state index >= 15 is 0 Å². The predicted octanol–water partition coefficient (Wildman–Crippen LogP) is 3.41. The minimum Gasteiger partial charge on any atom is -0.497 e. The summed E-state index contributed by atoms with van der Waals surface area (Å²) in [5.74, 6) is -0.353. The Morgan fingerprint density at radius 3 is 2.58 bits per heavy atom. The number of amides is 1. The summed E-state index contributed by atoms with van der Waals surface area (Å²) in [6, 6.07) is 15.4. The predicted molar refractivity (Wildman–Crippen MR) is 121 cm³/mol. The van der Waals surface area contributed by atoms with Crippen LogP contribution in [0.15, 0.2) is 71.6 Å². The summed E-state index contributed by atoms with van der Waals surface area (Å²) in [4.78, 5) is 12.6. The summed E-state index contributed by atoms with van der Waals surface area (Å²) in [5, 5.41) is 13.4. The highest BCUT2D eigenvalue weighted by Gasteiger charge is 2.32. The van der Waals surface area contributed by atoms with Gasteiger partial charge in [-0.05, 0) is 78.6 Å². The van der Waals surface area contributed by atoms with Crippen LogP contribution < -0.4 is 14.8 Å². The lowest BCUT2D eigenvalue weighted by Gasteiger charge is -2.31. The van der Waals surface area contributed by atoms with Crippen molar-refractivity contribution in [1.82, 2.24) is 4.72 Å². The van der Waals surface area contributed by atoms with Crippen molar-refractivity contribution in [2.45, 2.75) is 29.9 Å². The summed E-state index contributed by atoms with van der Waals surface area (Å²) < 4.78 is 46.6. The first-order valence-corrected chi connectivity index (χ1v) is 11.8. The highest BCUT2D eigenvalue weighted by atomic mass is 32.2. The number of hydrogen-bond donors (Lipinski definition) is 3. The number of hydrogen-bond acceptors (Lipinski definition) is 5. The molecule has 0 radical (unpaired) electrons. The SMILES string of the molecule is COc1cccc(C(=O)Nc2ccc3c(c2)[C@@H](NS(=O)(=O)c2ccc(F)cc2)[C@H](O)CC3)c1. The van der Waals surface area contributed by atoms with Crippen molar-refractivity contribution in [1.29, 1.82) is 0 Å². The summed E-state index contributed by atoms with van der Waals surface area (Å²) in [5.41, 5.74) is 2.30. The standard InChI is InChI=1S/C24H23FN2O5S/c1-32-19-4-2-3-16(13-19)24(29)26-18-9-5-15-6-12-22(28)23(21(15)14-18)27-33(30,31)20-10-7-17(25)8-11-20/h2-5,7-11,13-14,22-23,27-28H,6,12H2,1H3,(H,26,29)/t22-,23-/m1/s1. The molecule has 3 N–H and O–H groups in total. The molecule has 172 valence electrons.